The molecule has 0 bridgehead atoms. The number of halogens is 4. The van der Waals surface area contributed by atoms with Gasteiger partial charge in [-0.15, -0.1) is 0 Å². The van der Waals surface area contributed by atoms with Crippen LogP contribution in [0.3, 0.4) is 0 Å². The molecule has 20 heavy (non-hydrogen) atoms. The zero-order chi connectivity index (χ0) is 14.8. The summed E-state index contributed by atoms with van der Waals surface area (Å²) in [4.78, 5) is 10.5. The van der Waals surface area contributed by atoms with Crippen LogP contribution in [-0.2, 0) is 12.6 Å². The fraction of sp³-hybridized carbons (Fsp3) is 0.133. The molecular weight excluding hydrogens is 289 g/mol. The monoisotopic (exact) mass is 298 g/mol. The molecule has 0 spiro atoms. The van der Waals surface area contributed by atoms with E-state index < -0.39 is 11.7 Å². The van der Waals surface area contributed by atoms with E-state index >= 15 is 0 Å². The molecule has 0 aliphatic heterocycles. The lowest BCUT2D eigenvalue weighted by molar-refractivity contribution is -0.137. The van der Waals surface area contributed by atoms with E-state index in [1.54, 1.807) is 30.3 Å². The van der Waals surface area contributed by atoms with Crippen molar-refractivity contribution in [2.45, 2.75) is 12.6 Å². The minimum absolute atomic E-state index is 0.308. The second-order valence-electron chi connectivity index (χ2n) is 4.35. The van der Waals surface area contributed by atoms with Gasteiger partial charge in [0.1, 0.15) is 6.29 Å². The van der Waals surface area contributed by atoms with E-state index in [0.29, 0.717) is 23.8 Å². The highest BCUT2D eigenvalue weighted by molar-refractivity contribution is 6.31. The summed E-state index contributed by atoms with van der Waals surface area (Å²) in [6.45, 7) is 0. The van der Waals surface area contributed by atoms with Crippen LogP contribution in [0.15, 0.2) is 42.5 Å². The number of hydrogen-bond donors (Lipinski definition) is 0. The molecule has 1 nitrogen and oxygen atoms in total. The average Bonchev–Trinajstić information content (AvgIpc) is 2.40. The lowest BCUT2D eigenvalue weighted by atomic mass is 10.0. The van der Waals surface area contributed by atoms with E-state index in [-0.39, 0.29) is 5.02 Å². The van der Waals surface area contributed by atoms with Crippen molar-refractivity contribution in [3.8, 4) is 0 Å². The molecule has 0 fully saturated rings. The summed E-state index contributed by atoms with van der Waals surface area (Å²) in [5.41, 5.74) is 1.04. The first-order valence-corrected chi connectivity index (χ1v) is 6.17. The molecule has 0 atom stereocenters. The van der Waals surface area contributed by atoms with Gasteiger partial charge >= 0.3 is 6.18 Å². The third-order valence-corrected chi connectivity index (χ3v) is 3.19. The second kappa shape index (κ2) is 5.67. The Labute approximate surface area is 119 Å². The molecule has 2 aromatic rings. The summed E-state index contributed by atoms with van der Waals surface area (Å²) in [6, 6.07) is 10.5. The largest absolute Gasteiger partial charge is 0.417 e. The molecule has 0 heterocycles. The topological polar surface area (TPSA) is 17.1 Å². The fourth-order valence-electron chi connectivity index (χ4n) is 1.85. The van der Waals surface area contributed by atoms with Crippen LogP contribution in [0.5, 0.6) is 0 Å². The van der Waals surface area contributed by atoms with Crippen molar-refractivity contribution in [2.24, 2.45) is 0 Å². The molecule has 0 radical (unpaired) electrons. The van der Waals surface area contributed by atoms with E-state index in [1.807, 2.05) is 0 Å². The van der Waals surface area contributed by atoms with Gasteiger partial charge in [-0.1, -0.05) is 41.9 Å². The van der Waals surface area contributed by atoms with Gasteiger partial charge in [0.05, 0.1) is 10.6 Å². The van der Waals surface area contributed by atoms with Crippen molar-refractivity contribution >= 4 is 17.9 Å². The summed E-state index contributed by atoms with van der Waals surface area (Å²) >= 11 is 5.56. The van der Waals surface area contributed by atoms with Crippen molar-refractivity contribution in [1.29, 1.82) is 0 Å². The molecule has 104 valence electrons. The predicted octanol–water partition coefficient (Wildman–Crippen LogP) is 4.76. The van der Waals surface area contributed by atoms with Gasteiger partial charge in [-0.05, 0) is 29.7 Å². The zero-order valence-corrected chi connectivity index (χ0v) is 11.0. The van der Waals surface area contributed by atoms with Crippen molar-refractivity contribution in [1.82, 2.24) is 0 Å². The summed E-state index contributed by atoms with van der Waals surface area (Å²) in [5, 5.41) is -0.308. The Bertz CT molecular complexity index is 618. The van der Waals surface area contributed by atoms with Gasteiger partial charge in [0.25, 0.3) is 0 Å². The number of carbonyl (C=O) groups is 1. The molecule has 0 aliphatic rings. The molecule has 0 saturated heterocycles. The van der Waals surface area contributed by atoms with Crippen LogP contribution in [0.1, 0.15) is 27.0 Å². The van der Waals surface area contributed by atoms with Gasteiger partial charge in [0, 0.05) is 5.56 Å². The quantitative estimate of drug-likeness (QED) is 0.747. The summed E-state index contributed by atoms with van der Waals surface area (Å²) in [6.07, 6.45) is -3.40. The van der Waals surface area contributed by atoms with Gasteiger partial charge < -0.3 is 0 Å². The minimum Gasteiger partial charge on any atom is -0.298 e. The Morgan fingerprint density at radius 2 is 1.60 bits per heavy atom. The number of aldehydes is 1. The van der Waals surface area contributed by atoms with E-state index in [2.05, 4.69) is 0 Å². The lowest BCUT2D eigenvalue weighted by Crippen LogP contribution is -2.06. The number of alkyl halides is 3. The number of benzene rings is 2. The van der Waals surface area contributed by atoms with Crippen molar-refractivity contribution < 1.29 is 18.0 Å². The summed E-state index contributed by atoms with van der Waals surface area (Å²) < 4.78 is 38.2. The van der Waals surface area contributed by atoms with Crippen LogP contribution >= 0.6 is 11.6 Å². The van der Waals surface area contributed by atoms with Crippen molar-refractivity contribution in [3.05, 3.63) is 69.7 Å². The smallest absolute Gasteiger partial charge is 0.298 e. The van der Waals surface area contributed by atoms with Gasteiger partial charge in [-0.25, -0.2) is 0 Å². The van der Waals surface area contributed by atoms with Gasteiger partial charge in [-0.2, -0.15) is 13.2 Å². The highest BCUT2D eigenvalue weighted by atomic mass is 35.5. The molecule has 0 saturated carbocycles. The first kappa shape index (κ1) is 14.6. The SMILES string of the molecule is O=Cc1ccc(Cc2ccc(Cl)c(C(F)(F)F)c2)cc1. The standard InChI is InChI=1S/C15H10ClF3O/c16-14-6-5-12(8-13(14)15(17,18)19)7-10-1-3-11(9-20)4-2-10/h1-6,8-9H,7H2. The molecule has 0 unspecified atom stereocenters. The third kappa shape index (κ3) is 3.39. The third-order valence-electron chi connectivity index (χ3n) is 2.86. The summed E-state index contributed by atoms with van der Waals surface area (Å²) in [5.74, 6) is 0. The van der Waals surface area contributed by atoms with Gasteiger partial charge in [0.2, 0.25) is 0 Å². The Balaban J connectivity index is 2.27. The maximum absolute atomic E-state index is 12.7. The van der Waals surface area contributed by atoms with Crippen LogP contribution in [0, 0.1) is 0 Å². The fourth-order valence-corrected chi connectivity index (χ4v) is 2.07. The number of carbonyl (C=O) groups excluding carboxylic acids is 1. The maximum Gasteiger partial charge on any atom is 0.417 e. The van der Waals surface area contributed by atoms with Crippen molar-refractivity contribution in [3.63, 3.8) is 0 Å². The number of rotatable bonds is 3. The van der Waals surface area contributed by atoms with Crippen molar-refractivity contribution in [2.75, 3.05) is 0 Å². The van der Waals surface area contributed by atoms with E-state index in [1.165, 1.54) is 6.07 Å². The predicted molar refractivity (Wildman–Crippen MR) is 71.1 cm³/mol. The average molecular weight is 299 g/mol. The Morgan fingerprint density at radius 3 is 2.15 bits per heavy atom. The first-order chi connectivity index (χ1) is 9.40. The van der Waals surface area contributed by atoms with Gasteiger partial charge in [-0.3, -0.25) is 4.79 Å². The van der Waals surface area contributed by atoms with Crippen LogP contribution in [0.4, 0.5) is 13.2 Å². The molecule has 0 N–H and O–H groups in total. The van der Waals surface area contributed by atoms with Crippen LogP contribution in [0.2, 0.25) is 5.02 Å². The second-order valence-corrected chi connectivity index (χ2v) is 4.76. The lowest BCUT2D eigenvalue weighted by Gasteiger charge is -2.11. The molecular formula is C15H10ClF3O. The maximum atomic E-state index is 12.7. The normalized spacial score (nSPS) is 11.4. The Morgan fingerprint density at radius 1 is 1.00 bits per heavy atom. The molecule has 0 aromatic heterocycles. The minimum atomic E-state index is -4.46. The molecule has 2 rings (SSSR count). The molecule has 0 aliphatic carbocycles. The van der Waals surface area contributed by atoms with Gasteiger partial charge in [0.15, 0.2) is 0 Å². The van der Waals surface area contributed by atoms with Crippen LogP contribution in [0.25, 0.3) is 0 Å². The van der Waals surface area contributed by atoms with Crippen LogP contribution < -0.4 is 0 Å². The zero-order valence-electron chi connectivity index (χ0n) is 10.2. The molecule has 2 aromatic carbocycles. The Hall–Kier alpha value is -1.81. The van der Waals surface area contributed by atoms with E-state index in [4.69, 9.17) is 11.6 Å². The Kier molecular flexibility index (Phi) is 4.14. The van der Waals surface area contributed by atoms with E-state index in [9.17, 15) is 18.0 Å². The summed E-state index contributed by atoms with van der Waals surface area (Å²) in [7, 11) is 0. The molecule has 5 heteroatoms. The highest BCUT2D eigenvalue weighted by Crippen LogP contribution is 2.35. The van der Waals surface area contributed by atoms with E-state index in [0.717, 1.165) is 11.6 Å². The first-order valence-electron chi connectivity index (χ1n) is 5.80. The highest BCUT2D eigenvalue weighted by Gasteiger charge is 2.33. The number of hydrogen-bond acceptors (Lipinski definition) is 1. The molecule has 0 amide bonds. The van der Waals surface area contributed by atoms with Crippen LogP contribution in [-0.4, -0.2) is 6.29 Å².